The van der Waals surface area contributed by atoms with Gasteiger partial charge in [0.05, 0.1) is 31.0 Å². The van der Waals surface area contributed by atoms with Crippen molar-refractivity contribution in [2.45, 2.75) is 45.6 Å². The molecule has 3 aromatic rings. The van der Waals surface area contributed by atoms with Gasteiger partial charge in [-0.2, -0.15) is 0 Å². The predicted octanol–water partition coefficient (Wildman–Crippen LogP) is 5.14. The van der Waals surface area contributed by atoms with Gasteiger partial charge in [-0.25, -0.2) is 4.79 Å². The highest BCUT2D eigenvalue weighted by molar-refractivity contribution is 6.30. The van der Waals surface area contributed by atoms with Gasteiger partial charge in [0, 0.05) is 28.3 Å². The number of nitrogens with zero attached hydrogens (tertiary/aromatic N) is 2. The Balaban J connectivity index is 1.55. The molecule has 1 saturated heterocycles. The number of aromatic nitrogens is 1. The van der Waals surface area contributed by atoms with E-state index in [0.29, 0.717) is 30.2 Å². The Morgan fingerprint density at radius 1 is 1.06 bits per heavy atom. The minimum absolute atomic E-state index is 0.0435. The average Bonchev–Trinajstić information content (AvgIpc) is 2.83. The summed E-state index contributed by atoms with van der Waals surface area (Å²) in [6.45, 7) is 5.49. The molecule has 2 aromatic carbocycles. The minimum Gasteiger partial charge on any atom is -0.444 e. The largest absolute Gasteiger partial charge is 0.444 e. The Bertz CT molecular complexity index is 1280. The molecule has 3 heterocycles. The van der Waals surface area contributed by atoms with Gasteiger partial charge in [0.2, 0.25) is 0 Å². The third-order valence-corrected chi connectivity index (χ3v) is 6.65. The highest BCUT2D eigenvalue weighted by Gasteiger charge is 2.28. The summed E-state index contributed by atoms with van der Waals surface area (Å²) in [5.41, 5.74) is 4.96. The number of hydrogen-bond acceptors (Lipinski definition) is 4. The summed E-state index contributed by atoms with van der Waals surface area (Å²) < 4.78 is 13.3. The van der Waals surface area contributed by atoms with Crippen molar-refractivity contribution in [2.24, 2.45) is 0 Å². The molecule has 1 amide bonds. The standard InChI is InChI=1S/C27H27ClN2O4/c1-17-14-29(15-18(2)34-17)27(32)33-16-21-12-24(19-6-4-3-5-7-19)26(31)30-11-10-20-8-9-22(28)13-23(20)25(21)30/h3-9,12-13,17-18H,10-11,14-16H2,1-2H3. The smallest absolute Gasteiger partial charge is 0.410 e. The van der Waals surface area contributed by atoms with Crippen molar-refractivity contribution in [2.75, 3.05) is 13.1 Å². The maximum absolute atomic E-state index is 13.5. The fraction of sp³-hybridized carbons (Fsp3) is 0.333. The van der Waals surface area contributed by atoms with E-state index >= 15 is 0 Å². The molecular formula is C27H27ClN2O4. The van der Waals surface area contributed by atoms with Crippen LogP contribution in [0, 0.1) is 0 Å². The van der Waals surface area contributed by atoms with Crippen molar-refractivity contribution in [1.29, 1.82) is 0 Å². The molecule has 2 unspecified atom stereocenters. The molecule has 0 bridgehead atoms. The molecule has 5 rings (SSSR count). The normalized spacial score (nSPS) is 19.3. The van der Waals surface area contributed by atoms with E-state index in [2.05, 4.69) is 0 Å². The van der Waals surface area contributed by atoms with E-state index in [1.165, 1.54) is 0 Å². The van der Waals surface area contributed by atoms with Crippen molar-refractivity contribution >= 4 is 17.7 Å². The molecular weight excluding hydrogens is 452 g/mol. The number of carbonyl (C=O) groups is 1. The summed E-state index contributed by atoms with van der Waals surface area (Å²) in [5, 5.41) is 0.603. The van der Waals surface area contributed by atoms with Gasteiger partial charge in [0.1, 0.15) is 6.61 Å². The lowest BCUT2D eigenvalue weighted by atomic mass is 9.92. The number of aryl methyl sites for hydroxylation is 1. The summed E-state index contributed by atoms with van der Waals surface area (Å²) >= 11 is 6.33. The van der Waals surface area contributed by atoms with Crippen LogP contribution in [0.25, 0.3) is 22.4 Å². The van der Waals surface area contributed by atoms with E-state index in [0.717, 1.165) is 34.4 Å². The minimum atomic E-state index is -0.379. The lowest BCUT2D eigenvalue weighted by Crippen LogP contribution is -2.48. The number of benzene rings is 2. The highest BCUT2D eigenvalue weighted by atomic mass is 35.5. The quantitative estimate of drug-likeness (QED) is 0.523. The Kier molecular flexibility index (Phi) is 6.19. The first-order valence-corrected chi connectivity index (χ1v) is 12.0. The molecule has 2 aliphatic rings. The van der Waals surface area contributed by atoms with Crippen LogP contribution < -0.4 is 5.56 Å². The number of pyridine rings is 1. The monoisotopic (exact) mass is 478 g/mol. The van der Waals surface area contributed by atoms with Gasteiger partial charge < -0.3 is 18.9 Å². The zero-order chi connectivity index (χ0) is 23.8. The van der Waals surface area contributed by atoms with E-state index in [-0.39, 0.29) is 30.5 Å². The zero-order valence-corrected chi connectivity index (χ0v) is 20.0. The number of halogens is 1. The first-order valence-electron chi connectivity index (χ1n) is 11.6. The van der Waals surface area contributed by atoms with Gasteiger partial charge in [-0.15, -0.1) is 0 Å². The maximum atomic E-state index is 13.5. The number of rotatable bonds is 3. The summed E-state index contributed by atoms with van der Waals surface area (Å²) in [4.78, 5) is 28.1. The molecule has 0 radical (unpaired) electrons. The van der Waals surface area contributed by atoms with Gasteiger partial charge >= 0.3 is 6.09 Å². The van der Waals surface area contributed by atoms with Crippen molar-refractivity contribution < 1.29 is 14.3 Å². The number of fused-ring (bicyclic) bond motifs is 3. The third kappa shape index (κ3) is 4.36. The van der Waals surface area contributed by atoms with Gasteiger partial charge in [-0.3, -0.25) is 4.79 Å². The molecule has 1 fully saturated rings. The van der Waals surface area contributed by atoms with E-state index in [9.17, 15) is 9.59 Å². The Hall–Kier alpha value is -3.09. The molecule has 0 saturated carbocycles. The van der Waals surface area contributed by atoms with E-state index < -0.39 is 0 Å². The second-order valence-corrected chi connectivity index (χ2v) is 9.46. The maximum Gasteiger partial charge on any atom is 0.410 e. The number of ether oxygens (including phenoxy) is 2. The third-order valence-electron chi connectivity index (χ3n) is 6.41. The zero-order valence-electron chi connectivity index (χ0n) is 19.3. The SMILES string of the molecule is CC1CN(C(=O)OCc2cc(-c3ccccc3)c(=O)n3c2-c2cc(Cl)ccc2CC3)CC(C)O1. The summed E-state index contributed by atoms with van der Waals surface area (Å²) in [6.07, 6.45) is 0.270. The molecule has 7 heteroatoms. The van der Waals surface area contributed by atoms with Crippen molar-refractivity contribution in [1.82, 2.24) is 9.47 Å². The molecule has 176 valence electrons. The lowest BCUT2D eigenvalue weighted by molar-refractivity contribution is -0.0644. The van der Waals surface area contributed by atoms with Gasteiger partial charge in [-0.1, -0.05) is 48.0 Å². The van der Waals surface area contributed by atoms with Crippen LogP contribution in [0.2, 0.25) is 5.02 Å². The van der Waals surface area contributed by atoms with Gasteiger partial charge in [0.25, 0.3) is 5.56 Å². The highest BCUT2D eigenvalue weighted by Crippen LogP contribution is 2.35. The molecule has 0 aliphatic carbocycles. The molecule has 2 aliphatic heterocycles. The molecule has 34 heavy (non-hydrogen) atoms. The van der Waals surface area contributed by atoms with Crippen molar-refractivity contribution in [3.63, 3.8) is 0 Å². The van der Waals surface area contributed by atoms with E-state index in [1.807, 2.05) is 68.4 Å². The van der Waals surface area contributed by atoms with Crippen LogP contribution in [0.5, 0.6) is 0 Å². The Morgan fingerprint density at radius 2 is 1.79 bits per heavy atom. The molecule has 0 spiro atoms. The van der Waals surface area contributed by atoms with Gasteiger partial charge in [0.15, 0.2) is 0 Å². The summed E-state index contributed by atoms with van der Waals surface area (Å²) in [7, 11) is 0. The average molecular weight is 479 g/mol. The molecule has 1 aromatic heterocycles. The van der Waals surface area contributed by atoms with Gasteiger partial charge in [-0.05, 0) is 49.6 Å². The van der Waals surface area contributed by atoms with Crippen molar-refractivity contribution in [3.05, 3.63) is 81.1 Å². The van der Waals surface area contributed by atoms with Crippen LogP contribution in [0.15, 0.2) is 59.4 Å². The fourth-order valence-corrected chi connectivity index (χ4v) is 5.14. The number of hydrogen-bond donors (Lipinski definition) is 0. The van der Waals surface area contributed by atoms with E-state index in [1.54, 1.807) is 9.47 Å². The Labute approximate surface area is 203 Å². The molecule has 0 N–H and O–H groups in total. The Morgan fingerprint density at radius 3 is 2.53 bits per heavy atom. The van der Waals surface area contributed by atoms with E-state index in [4.69, 9.17) is 21.1 Å². The van der Waals surface area contributed by atoms with Crippen LogP contribution in [-0.4, -0.2) is 40.9 Å². The second kappa shape index (κ2) is 9.28. The van der Waals surface area contributed by atoms with Crippen molar-refractivity contribution in [3.8, 4) is 22.4 Å². The number of amides is 1. The molecule has 6 nitrogen and oxygen atoms in total. The summed E-state index contributed by atoms with van der Waals surface area (Å²) in [6, 6.07) is 17.2. The number of carbonyl (C=O) groups excluding carboxylic acids is 1. The van der Waals surface area contributed by atoms with Crippen LogP contribution in [0.4, 0.5) is 4.79 Å². The second-order valence-electron chi connectivity index (χ2n) is 9.02. The van der Waals surface area contributed by atoms with Crippen LogP contribution in [-0.2, 0) is 29.0 Å². The fourth-order valence-electron chi connectivity index (χ4n) is 4.97. The van der Waals surface area contributed by atoms with Crippen LogP contribution >= 0.6 is 11.6 Å². The predicted molar refractivity (Wildman–Crippen MR) is 132 cm³/mol. The van der Waals surface area contributed by atoms with Crippen LogP contribution in [0.3, 0.4) is 0 Å². The molecule has 2 atom stereocenters. The van der Waals surface area contributed by atoms with Crippen LogP contribution in [0.1, 0.15) is 25.0 Å². The summed E-state index contributed by atoms with van der Waals surface area (Å²) in [5.74, 6) is 0. The number of morpholine rings is 1. The topological polar surface area (TPSA) is 60.8 Å². The lowest BCUT2D eigenvalue weighted by Gasteiger charge is -2.34. The first kappa shape index (κ1) is 22.7. The first-order chi connectivity index (χ1) is 16.4.